The average molecular weight is 393 g/mol. The minimum Gasteiger partial charge on any atom is -0.493 e. The molecule has 2 aromatic rings. The van der Waals surface area contributed by atoms with Crippen LogP contribution in [0.2, 0.25) is 0 Å². The summed E-state index contributed by atoms with van der Waals surface area (Å²) in [6.45, 7) is 1.31. The van der Waals surface area contributed by atoms with Crippen molar-refractivity contribution in [3.63, 3.8) is 0 Å². The number of hydrogen-bond donors (Lipinski definition) is 0. The second-order valence-corrected chi connectivity index (χ2v) is 6.45. The smallest absolute Gasteiger partial charge is 0.293 e. The molecule has 0 saturated carbocycles. The van der Waals surface area contributed by atoms with Gasteiger partial charge in [-0.05, 0) is 41.8 Å². The van der Waals surface area contributed by atoms with Crippen LogP contribution in [0.15, 0.2) is 34.8 Å². The molecule has 0 radical (unpaired) electrons. The molecule has 0 fully saturated rings. The minimum absolute atomic E-state index is 0.105. The van der Waals surface area contributed by atoms with E-state index in [-0.39, 0.29) is 10.6 Å². The van der Waals surface area contributed by atoms with E-state index in [0.717, 1.165) is 12.0 Å². The highest BCUT2D eigenvalue weighted by Gasteiger charge is 2.25. The van der Waals surface area contributed by atoms with Gasteiger partial charge in [0.15, 0.2) is 11.5 Å². The highest BCUT2D eigenvalue weighted by atomic mass is 79.9. The van der Waals surface area contributed by atoms with Gasteiger partial charge in [-0.15, -0.1) is 0 Å². The second kappa shape index (κ2) is 6.68. The monoisotopic (exact) mass is 392 g/mol. The van der Waals surface area contributed by atoms with Crippen LogP contribution in [0, 0.1) is 10.1 Å². The van der Waals surface area contributed by atoms with Gasteiger partial charge in [0.1, 0.15) is 5.69 Å². The number of methoxy groups -OCH3 is 2. The van der Waals surface area contributed by atoms with E-state index in [4.69, 9.17) is 9.47 Å². The standard InChI is InChI=1S/C17H17BrN2O4/c1-23-16-7-11-5-6-19(10-12(11)8-17(16)24-2)14-4-3-13(18)9-15(14)20(21)22/h3-4,7-9H,5-6,10H2,1-2H3. The summed E-state index contributed by atoms with van der Waals surface area (Å²) in [4.78, 5) is 13.1. The SMILES string of the molecule is COc1cc2c(cc1OC)CN(c1ccc(Br)cc1[N+](=O)[O-])CC2. The maximum Gasteiger partial charge on any atom is 0.293 e. The fourth-order valence-electron chi connectivity index (χ4n) is 3.00. The fraction of sp³-hybridized carbons (Fsp3) is 0.294. The molecule has 0 saturated heterocycles. The molecule has 126 valence electrons. The van der Waals surface area contributed by atoms with E-state index in [1.165, 1.54) is 5.56 Å². The number of benzene rings is 2. The lowest BCUT2D eigenvalue weighted by Crippen LogP contribution is -2.30. The van der Waals surface area contributed by atoms with Crippen LogP contribution in [-0.2, 0) is 13.0 Å². The molecule has 0 atom stereocenters. The Morgan fingerprint density at radius 2 is 1.79 bits per heavy atom. The molecule has 3 rings (SSSR count). The Morgan fingerprint density at radius 3 is 2.42 bits per heavy atom. The third-order valence-electron chi connectivity index (χ3n) is 4.19. The van der Waals surface area contributed by atoms with Crippen molar-refractivity contribution < 1.29 is 14.4 Å². The van der Waals surface area contributed by atoms with Crippen molar-refractivity contribution in [2.45, 2.75) is 13.0 Å². The number of anilines is 1. The maximum absolute atomic E-state index is 11.4. The van der Waals surface area contributed by atoms with Crippen LogP contribution in [0.3, 0.4) is 0 Å². The van der Waals surface area contributed by atoms with Gasteiger partial charge in [-0.1, -0.05) is 15.9 Å². The van der Waals surface area contributed by atoms with Gasteiger partial charge in [-0.3, -0.25) is 10.1 Å². The normalized spacial score (nSPS) is 13.4. The quantitative estimate of drug-likeness (QED) is 0.582. The summed E-state index contributed by atoms with van der Waals surface area (Å²) < 4.78 is 11.4. The fourth-order valence-corrected chi connectivity index (χ4v) is 3.35. The van der Waals surface area contributed by atoms with E-state index in [0.29, 0.717) is 34.7 Å². The third kappa shape index (κ3) is 3.03. The molecule has 1 heterocycles. The summed E-state index contributed by atoms with van der Waals surface area (Å²) in [5.74, 6) is 1.38. The molecule has 0 aliphatic carbocycles. The summed E-state index contributed by atoms with van der Waals surface area (Å²) >= 11 is 3.30. The zero-order valence-corrected chi connectivity index (χ0v) is 15.0. The van der Waals surface area contributed by atoms with Crippen molar-refractivity contribution in [1.82, 2.24) is 0 Å². The van der Waals surface area contributed by atoms with Gasteiger partial charge in [-0.25, -0.2) is 0 Å². The Hall–Kier alpha value is -2.28. The van der Waals surface area contributed by atoms with Crippen molar-refractivity contribution in [2.75, 3.05) is 25.7 Å². The van der Waals surface area contributed by atoms with Gasteiger partial charge in [0.2, 0.25) is 0 Å². The number of rotatable bonds is 4. The minimum atomic E-state index is -0.343. The van der Waals surface area contributed by atoms with Crippen molar-refractivity contribution in [3.05, 3.63) is 56.0 Å². The van der Waals surface area contributed by atoms with Gasteiger partial charge >= 0.3 is 0 Å². The molecule has 0 aromatic heterocycles. The van der Waals surface area contributed by atoms with Gasteiger partial charge in [0.05, 0.1) is 19.1 Å². The molecular weight excluding hydrogens is 376 g/mol. The summed E-state index contributed by atoms with van der Waals surface area (Å²) in [7, 11) is 3.22. The predicted octanol–water partition coefficient (Wildman–Crippen LogP) is 3.94. The Balaban J connectivity index is 1.97. The van der Waals surface area contributed by atoms with E-state index >= 15 is 0 Å². The zero-order valence-electron chi connectivity index (χ0n) is 13.4. The average Bonchev–Trinajstić information content (AvgIpc) is 2.59. The Kier molecular flexibility index (Phi) is 4.62. The van der Waals surface area contributed by atoms with Crippen LogP contribution < -0.4 is 14.4 Å². The summed E-state index contributed by atoms with van der Waals surface area (Å²) in [6, 6.07) is 9.09. The zero-order chi connectivity index (χ0) is 17.3. The Bertz CT molecular complexity index is 794. The van der Waals surface area contributed by atoms with Crippen LogP contribution in [0.25, 0.3) is 0 Å². The predicted molar refractivity (Wildman–Crippen MR) is 95.1 cm³/mol. The molecule has 0 unspecified atom stereocenters. The lowest BCUT2D eigenvalue weighted by molar-refractivity contribution is -0.384. The first kappa shape index (κ1) is 16.6. The molecule has 6 nitrogen and oxygen atoms in total. The van der Waals surface area contributed by atoms with Crippen LogP contribution in [0.1, 0.15) is 11.1 Å². The largest absolute Gasteiger partial charge is 0.493 e. The molecular formula is C17H17BrN2O4. The van der Waals surface area contributed by atoms with Gasteiger partial charge < -0.3 is 14.4 Å². The number of fused-ring (bicyclic) bond motifs is 1. The molecule has 0 spiro atoms. The highest BCUT2D eigenvalue weighted by molar-refractivity contribution is 9.10. The summed E-state index contributed by atoms with van der Waals surface area (Å²) in [5, 5.41) is 11.4. The van der Waals surface area contributed by atoms with E-state index in [9.17, 15) is 10.1 Å². The first-order chi connectivity index (χ1) is 11.5. The highest BCUT2D eigenvalue weighted by Crippen LogP contribution is 2.37. The van der Waals surface area contributed by atoms with Crippen LogP contribution in [0.5, 0.6) is 11.5 Å². The molecule has 0 bridgehead atoms. The molecule has 24 heavy (non-hydrogen) atoms. The van der Waals surface area contributed by atoms with E-state index in [1.807, 2.05) is 23.1 Å². The van der Waals surface area contributed by atoms with E-state index in [1.54, 1.807) is 26.4 Å². The van der Waals surface area contributed by atoms with Crippen molar-refractivity contribution in [1.29, 1.82) is 0 Å². The number of ether oxygens (including phenoxy) is 2. The lowest BCUT2D eigenvalue weighted by atomic mass is 9.98. The molecule has 1 aliphatic heterocycles. The van der Waals surface area contributed by atoms with Gasteiger partial charge in [0, 0.05) is 23.6 Å². The van der Waals surface area contributed by atoms with Crippen LogP contribution >= 0.6 is 15.9 Å². The number of halogens is 1. The van der Waals surface area contributed by atoms with Crippen LogP contribution in [0.4, 0.5) is 11.4 Å². The molecule has 0 N–H and O–H groups in total. The molecule has 1 aliphatic rings. The number of nitro benzene ring substituents is 1. The number of nitrogens with zero attached hydrogens (tertiary/aromatic N) is 2. The van der Waals surface area contributed by atoms with Crippen LogP contribution in [-0.4, -0.2) is 25.7 Å². The lowest BCUT2D eigenvalue weighted by Gasteiger charge is -2.31. The number of hydrogen-bond acceptors (Lipinski definition) is 5. The summed E-state index contributed by atoms with van der Waals surface area (Å²) in [5.41, 5.74) is 3.01. The third-order valence-corrected chi connectivity index (χ3v) is 4.69. The second-order valence-electron chi connectivity index (χ2n) is 5.54. The van der Waals surface area contributed by atoms with Gasteiger partial charge in [-0.2, -0.15) is 0 Å². The molecule has 7 heteroatoms. The van der Waals surface area contributed by atoms with Gasteiger partial charge in [0.25, 0.3) is 5.69 Å². The van der Waals surface area contributed by atoms with E-state index < -0.39 is 0 Å². The first-order valence-corrected chi connectivity index (χ1v) is 8.25. The summed E-state index contributed by atoms with van der Waals surface area (Å²) in [6.07, 6.45) is 0.795. The first-order valence-electron chi connectivity index (χ1n) is 7.46. The van der Waals surface area contributed by atoms with E-state index in [2.05, 4.69) is 15.9 Å². The molecule has 0 amide bonds. The van der Waals surface area contributed by atoms with Crippen molar-refractivity contribution in [3.8, 4) is 11.5 Å². The maximum atomic E-state index is 11.4. The molecule has 2 aromatic carbocycles. The van der Waals surface area contributed by atoms with Crippen molar-refractivity contribution in [2.24, 2.45) is 0 Å². The van der Waals surface area contributed by atoms with Crippen molar-refractivity contribution >= 4 is 27.3 Å². The Labute approximate surface area is 148 Å². The Morgan fingerprint density at radius 1 is 1.12 bits per heavy atom. The topological polar surface area (TPSA) is 64.8 Å². The number of nitro groups is 1.